The van der Waals surface area contributed by atoms with E-state index in [-0.39, 0.29) is 5.82 Å². The van der Waals surface area contributed by atoms with Crippen molar-refractivity contribution in [3.8, 4) is 0 Å². The van der Waals surface area contributed by atoms with Gasteiger partial charge in [-0.15, -0.1) is 0 Å². The number of aryl methyl sites for hydroxylation is 1. The van der Waals surface area contributed by atoms with Crippen molar-refractivity contribution in [3.05, 3.63) is 39.3 Å². The van der Waals surface area contributed by atoms with Gasteiger partial charge in [-0.05, 0) is 53.3 Å². The van der Waals surface area contributed by atoms with Gasteiger partial charge >= 0.3 is 0 Å². The minimum atomic E-state index is -0.202. The molecule has 0 aliphatic heterocycles. The molecule has 0 aliphatic rings. The van der Waals surface area contributed by atoms with Crippen molar-refractivity contribution in [2.24, 2.45) is 0 Å². The van der Waals surface area contributed by atoms with Crippen LogP contribution in [0.3, 0.4) is 0 Å². The fourth-order valence-electron chi connectivity index (χ4n) is 1.36. The number of hydrogen-bond donors (Lipinski definition) is 0. The monoisotopic (exact) mass is 287 g/mol. The van der Waals surface area contributed by atoms with Gasteiger partial charge in [-0.25, -0.2) is 4.39 Å². The SMILES string of the molecule is Cc1cc(I)cc2c(F)ccnc12. The number of rotatable bonds is 0. The molecular weight excluding hydrogens is 280 g/mol. The lowest BCUT2D eigenvalue weighted by molar-refractivity contribution is 0.638. The quantitative estimate of drug-likeness (QED) is 0.678. The second-order valence-corrected chi connectivity index (χ2v) is 4.16. The molecule has 0 spiro atoms. The van der Waals surface area contributed by atoms with Gasteiger partial charge in [-0.3, -0.25) is 4.98 Å². The Morgan fingerprint density at radius 1 is 1.38 bits per heavy atom. The molecule has 0 unspecified atom stereocenters. The van der Waals surface area contributed by atoms with Crippen LogP contribution in [0.5, 0.6) is 0 Å². The Bertz CT molecular complexity index is 468. The van der Waals surface area contributed by atoms with Gasteiger partial charge < -0.3 is 0 Å². The number of halogens is 2. The highest BCUT2D eigenvalue weighted by Gasteiger charge is 2.04. The Balaban J connectivity index is 2.94. The summed E-state index contributed by atoms with van der Waals surface area (Å²) < 4.78 is 14.3. The van der Waals surface area contributed by atoms with Gasteiger partial charge in [0.05, 0.1) is 5.52 Å². The Hall–Kier alpha value is -0.710. The molecule has 0 amide bonds. The van der Waals surface area contributed by atoms with Crippen molar-refractivity contribution in [2.45, 2.75) is 6.92 Å². The molecule has 0 N–H and O–H groups in total. The molecule has 2 aromatic rings. The highest BCUT2D eigenvalue weighted by atomic mass is 127. The number of aromatic nitrogens is 1. The molecule has 0 saturated carbocycles. The van der Waals surface area contributed by atoms with Crippen molar-refractivity contribution in [1.29, 1.82) is 0 Å². The van der Waals surface area contributed by atoms with Gasteiger partial charge in [-0.1, -0.05) is 0 Å². The third-order valence-electron chi connectivity index (χ3n) is 1.95. The maximum Gasteiger partial charge on any atom is 0.134 e. The predicted octanol–water partition coefficient (Wildman–Crippen LogP) is 3.29. The van der Waals surface area contributed by atoms with Crippen LogP contribution in [0.2, 0.25) is 0 Å². The highest BCUT2D eigenvalue weighted by Crippen LogP contribution is 2.21. The summed E-state index contributed by atoms with van der Waals surface area (Å²) in [7, 11) is 0. The van der Waals surface area contributed by atoms with E-state index in [1.165, 1.54) is 12.3 Å². The first kappa shape index (κ1) is 8.87. The van der Waals surface area contributed by atoms with E-state index in [1.807, 2.05) is 19.1 Å². The van der Waals surface area contributed by atoms with Crippen molar-refractivity contribution < 1.29 is 4.39 Å². The maximum absolute atomic E-state index is 13.3. The minimum Gasteiger partial charge on any atom is -0.256 e. The van der Waals surface area contributed by atoms with Gasteiger partial charge in [0.25, 0.3) is 0 Å². The van der Waals surface area contributed by atoms with Crippen LogP contribution in [-0.4, -0.2) is 4.98 Å². The fraction of sp³-hybridized carbons (Fsp3) is 0.100. The van der Waals surface area contributed by atoms with E-state index in [0.29, 0.717) is 5.39 Å². The first-order chi connectivity index (χ1) is 6.18. The van der Waals surface area contributed by atoms with Gasteiger partial charge in [0.2, 0.25) is 0 Å². The van der Waals surface area contributed by atoms with Gasteiger partial charge in [0, 0.05) is 15.2 Å². The zero-order valence-corrected chi connectivity index (χ0v) is 9.17. The lowest BCUT2D eigenvalue weighted by Crippen LogP contribution is -1.87. The third-order valence-corrected chi connectivity index (χ3v) is 2.57. The smallest absolute Gasteiger partial charge is 0.134 e. The molecule has 0 bridgehead atoms. The van der Waals surface area contributed by atoms with Crippen LogP contribution in [0.25, 0.3) is 10.9 Å². The van der Waals surface area contributed by atoms with Crippen molar-refractivity contribution >= 4 is 33.5 Å². The van der Waals surface area contributed by atoms with E-state index in [9.17, 15) is 4.39 Å². The van der Waals surface area contributed by atoms with E-state index < -0.39 is 0 Å². The van der Waals surface area contributed by atoms with E-state index in [4.69, 9.17) is 0 Å². The fourth-order valence-corrected chi connectivity index (χ4v) is 2.13. The third kappa shape index (κ3) is 1.52. The van der Waals surface area contributed by atoms with E-state index in [1.54, 1.807) is 0 Å². The molecule has 1 nitrogen and oxygen atoms in total. The summed E-state index contributed by atoms with van der Waals surface area (Å²) in [5.41, 5.74) is 1.77. The Morgan fingerprint density at radius 2 is 2.15 bits per heavy atom. The second kappa shape index (κ2) is 3.21. The summed E-state index contributed by atoms with van der Waals surface area (Å²) in [6.45, 7) is 1.94. The first-order valence-corrected chi connectivity index (χ1v) is 4.97. The molecule has 1 heterocycles. The van der Waals surface area contributed by atoms with Gasteiger partial charge in [0.15, 0.2) is 0 Å². The highest BCUT2D eigenvalue weighted by molar-refractivity contribution is 14.1. The Labute approximate surface area is 89.1 Å². The minimum absolute atomic E-state index is 0.202. The van der Waals surface area contributed by atoms with E-state index >= 15 is 0 Å². The summed E-state index contributed by atoms with van der Waals surface area (Å²) in [6.07, 6.45) is 1.50. The van der Waals surface area contributed by atoms with E-state index in [0.717, 1.165) is 14.7 Å². The Kier molecular flexibility index (Phi) is 2.19. The molecule has 0 saturated heterocycles. The molecule has 13 heavy (non-hydrogen) atoms. The number of pyridine rings is 1. The molecule has 0 aliphatic carbocycles. The van der Waals surface area contributed by atoms with Crippen molar-refractivity contribution in [2.75, 3.05) is 0 Å². The number of nitrogens with zero attached hydrogens (tertiary/aromatic N) is 1. The molecular formula is C10H7FIN. The van der Waals surface area contributed by atoms with Gasteiger partial charge in [-0.2, -0.15) is 0 Å². The second-order valence-electron chi connectivity index (χ2n) is 2.91. The number of benzene rings is 1. The maximum atomic E-state index is 13.3. The number of fused-ring (bicyclic) bond motifs is 1. The topological polar surface area (TPSA) is 12.9 Å². The van der Waals surface area contributed by atoms with Crippen molar-refractivity contribution in [1.82, 2.24) is 4.98 Å². The lowest BCUT2D eigenvalue weighted by Gasteiger charge is -2.02. The molecule has 1 aromatic heterocycles. The van der Waals surface area contributed by atoms with Crippen LogP contribution >= 0.6 is 22.6 Å². The summed E-state index contributed by atoms with van der Waals surface area (Å²) in [5.74, 6) is -0.202. The zero-order valence-electron chi connectivity index (χ0n) is 7.01. The largest absolute Gasteiger partial charge is 0.256 e. The molecule has 0 fully saturated rings. The summed E-state index contributed by atoms with van der Waals surface area (Å²) >= 11 is 2.18. The summed E-state index contributed by atoms with van der Waals surface area (Å²) in [5, 5.41) is 0.604. The van der Waals surface area contributed by atoms with E-state index in [2.05, 4.69) is 27.6 Å². The number of hydrogen-bond acceptors (Lipinski definition) is 1. The molecule has 0 radical (unpaired) electrons. The van der Waals surface area contributed by atoms with Crippen LogP contribution in [0.4, 0.5) is 4.39 Å². The van der Waals surface area contributed by atoms with Crippen LogP contribution < -0.4 is 0 Å². The standard InChI is InChI=1S/C10H7FIN/c1-6-4-7(12)5-8-9(11)2-3-13-10(6)8/h2-5H,1H3. The van der Waals surface area contributed by atoms with Crippen LogP contribution in [0, 0.1) is 16.3 Å². The predicted molar refractivity (Wildman–Crippen MR) is 59.2 cm³/mol. The first-order valence-electron chi connectivity index (χ1n) is 3.89. The zero-order chi connectivity index (χ0) is 9.42. The molecule has 66 valence electrons. The van der Waals surface area contributed by atoms with Gasteiger partial charge in [0.1, 0.15) is 5.82 Å². The van der Waals surface area contributed by atoms with Crippen LogP contribution in [-0.2, 0) is 0 Å². The lowest BCUT2D eigenvalue weighted by atomic mass is 10.1. The van der Waals surface area contributed by atoms with Crippen LogP contribution in [0.15, 0.2) is 24.4 Å². The summed E-state index contributed by atoms with van der Waals surface area (Å²) in [6, 6.07) is 5.19. The molecule has 2 rings (SSSR count). The van der Waals surface area contributed by atoms with Crippen LogP contribution in [0.1, 0.15) is 5.56 Å². The normalized spacial score (nSPS) is 10.7. The summed E-state index contributed by atoms with van der Waals surface area (Å²) in [4.78, 5) is 4.14. The molecule has 3 heteroatoms. The molecule has 0 atom stereocenters. The average molecular weight is 287 g/mol. The molecule has 1 aromatic carbocycles. The Morgan fingerprint density at radius 3 is 2.92 bits per heavy atom. The average Bonchev–Trinajstić information content (AvgIpc) is 2.07. The van der Waals surface area contributed by atoms with Crippen molar-refractivity contribution in [3.63, 3.8) is 0 Å².